The van der Waals surface area contributed by atoms with E-state index in [0.29, 0.717) is 0 Å². The average Bonchev–Trinajstić information content (AvgIpc) is 2.94. The first-order valence-electron chi connectivity index (χ1n) is 5.84. The highest BCUT2D eigenvalue weighted by atomic mass is 15.2. The molecule has 0 unspecified atom stereocenters. The number of nitrogens with zero attached hydrogens (tertiary/aromatic N) is 4. The Morgan fingerprint density at radius 2 is 1.71 bits per heavy atom. The van der Waals surface area contributed by atoms with Gasteiger partial charge in [0, 0.05) is 31.9 Å². The fourth-order valence-electron chi connectivity index (χ4n) is 2.11. The largest absolute Gasteiger partial charge is 0.369 e. The van der Waals surface area contributed by atoms with Crippen LogP contribution in [0.4, 0.5) is 5.69 Å². The Bertz CT molecular complexity index is 473. The number of anilines is 1. The van der Waals surface area contributed by atoms with Crippen LogP contribution in [-0.2, 0) is 0 Å². The van der Waals surface area contributed by atoms with Gasteiger partial charge in [-0.15, -0.1) is 10.2 Å². The molecule has 0 radical (unpaired) electrons. The minimum atomic E-state index is 1.05. The molecule has 1 aliphatic rings. The lowest BCUT2D eigenvalue weighted by Crippen LogP contribution is -2.43. The third-order valence-corrected chi connectivity index (χ3v) is 3.03. The van der Waals surface area contributed by atoms with Crippen molar-refractivity contribution in [3.05, 3.63) is 36.9 Å². The first-order valence-corrected chi connectivity index (χ1v) is 5.84. The maximum atomic E-state index is 3.83. The molecule has 0 aliphatic carbocycles. The Balaban J connectivity index is 1.88. The lowest BCUT2D eigenvalue weighted by atomic mass is 10.2. The predicted molar refractivity (Wildman–Crippen MR) is 66.4 cm³/mol. The molecule has 5 nitrogen and oxygen atoms in total. The third-order valence-electron chi connectivity index (χ3n) is 3.03. The lowest BCUT2D eigenvalue weighted by molar-refractivity contribution is 0.589. The van der Waals surface area contributed by atoms with Gasteiger partial charge in [0.1, 0.15) is 12.7 Å². The summed E-state index contributed by atoms with van der Waals surface area (Å²) in [5.41, 5.74) is 2.36. The second kappa shape index (κ2) is 4.55. The summed E-state index contributed by atoms with van der Waals surface area (Å²) in [6.07, 6.45) is 3.44. The van der Waals surface area contributed by atoms with E-state index >= 15 is 0 Å². The Labute approximate surface area is 100 Å². The molecule has 1 fully saturated rings. The van der Waals surface area contributed by atoms with Crippen LogP contribution in [0.15, 0.2) is 36.9 Å². The molecule has 2 aromatic rings. The van der Waals surface area contributed by atoms with Gasteiger partial charge >= 0.3 is 0 Å². The van der Waals surface area contributed by atoms with Gasteiger partial charge in [0.15, 0.2) is 0 Å². The van der Waals surface area contributed by atoms with Crippen molar-refractivity contribution < 1.29 is 0 Å². The van der Waals surface area contributed by atoms with Crippen LogP contribution in [0.5, 0.6) is 0 Å². The molecule has 2 heterocycles. The van der Waals surface area contributed by atoms with E-state index in [0.717, 1.165) is 31.9 Å². The maximum Gasteiger partial charge on any atom is 0.123 e. The van der Waals surface area contributed by atoms with E-state index in [9.17, 15) is 0 Å². The molecule has 0 atom stereocenters. The summed E-state index contributed by atoms with van der Waals surface area (Å²) in [6.45, 7) is 4.23. The molecule has 0 saturated carbocycles. The van der Waals surface area contributed by atoms with Gasteiger partial charge < -0.3 is 10.2 Å². The van der Waals surface area contributed by atoms with Crippen molar-refractivity contribution in [1.82, 2.24) is 20.1 Å². The smallest absolute Gasteiger partial charge is 0.123 e. The van der Waals surface area contributed by atoms with Crippen LogP contribution in [0.3, 0.4) is 0 Å². The molecule has 17 heavy (non-hydrogen) atoms. The zero-order chi connectivity index (χ0) is 11.5. The second-order valence-corrected chi connectivity index (χ2v) is 4.13. The minimum absolute atomic E-state index is 1.05. The van der Waals surface area contributed by atoms with E-state index in [2.05, 4.69) is 44.7 Å². The topological polar surface area (TPSA) is 46.0 Å². The van der Waals surface area contributed by atoms with E-state index in [1.54, 1.807) is 12.7 Å². The molecule has 1 aromatic carbocycles. The summed E-state index contributed by atoms with van der Waals surface area (Å²) < 4.78 is 1.92. The van der Waals surface area contributed by atoms with E-state index in [4.69, 9.17) is 0 Å². The van der Waals surface area contributed by atoms with Gasteiger partial charge in [-0.2, -0.15) is 0 Å². The van der Waals surface area contributed by atoms with Gasteiger partial charge in [0.25, 0.3) is 0 Å². The van der Waals surface area contributed by atoms with Gasteiger partial charge in [-0.05, 0) is 18.2 Å². The number of piperazine rings is 1. The summed E-state index contributed by atoms with van der Waals surface area (Å²) in [4.78, 5) is 2.39. The molecule has 5 heteroatoms. The SMILES string of the molecule is c1cc(N2CCNCC2)cc(-n2cnnc2)c1. The molecule has 1 N–H and O–H groups in total. The van der Waals surface area contributed by atoms with Crippen molar-refractivity contribution in [3.63, 3.8) is 0 Å². The van der Waals surface area contributed by atoms with E-state index in [1.165, 1.54) is 5.69 Å². The normalized spacial score (nSPS) is 16.1. The molecular formula is C12H15N5. The monoisotopic (exact) mass is 229 g/mol. The van der Waals surface area contributed by atoms with Gasteiger partial charge in [-0.1, -0.05) is 6.07 Å². The highest BCUT2D eigenvalue weighted by molar-refractivity contribution is 5.53. The first kappa shape index (κ1) is 10.3. The fraction of sp³-hybridized carbons (Fsp3) is 0.333. The number of hydrogen-bond donors (Lipinski definition) is 1. The van der Waals surface area contributed by atoms with Gasteiger partial charge in [-0.25, -0.2) is 0 Å². The van der Waals surface area contributed by atoms with Gasteiger partial charge in [-0.3, -0.25) is 4.57 Å². The number of nitrogens with one attached hydrogen (secondary N) is 1. The second-order valence-electron chi connectivity index (χ2n) is 4.13. The van der Waals surface area contributed by atoms with Crippen LogP contribution in [0.25, 0.3) is 5.69 Å². The Morgan fingerprint density at radius 1 is 1.00 bits per heavy atom. The summed E-state index contributed by atoms with van der Waals surface area (Å²) in [6, 6.07) is 8.47. The van der Waals surface area contributed by atoms with Crippen molar-refractivity contribution >= 4 is 5.69 Å². The highest BCUT2D eigenvalue weighted by Crippen LogP contribution is 2.18. The summed E-state index contributed by atoms with van der Waals surface area (Å²) in [7, 11) is 0. The molecule has 0 amide bonds. The molecule has 88 valence electrons. The summed E-state index contributed by atoms with van der Waals surface area (Å²) >= 11 is 0. The minimum Gasteiger partial charge on any atom is -0.369 e. The van der Waals surface area contributed by atoms with Crippen LogP contribution in [0.2, 0.25) is 0 Å². The summed E-state index contributed by atoms with van der Waals surface area (Å²) in [5, 5.41) is 11.0. The van der Waals surface area contributed by atoms with Crippen LogP contribution < -0.4 is 10.2 Å². The predicted octanol–water partition coefficient (Wildman–Crippen LogP) is 0.677. The van der Waals surface area contributed by atoms with Crippen molar-refractivity contribution in [2.75, 3.05) is 31.1 Å². The quantitative estimate of drug-likeness (QED) is 0.822. The van der Waals surface area contributed by atoms with Crippen molar-refractivity contribution in [3.8, 4) is 5.69 Å². The van der Waals surface area contributed by atoms with Crippen LogP contribution >= 0.6 is 0 Å². The molecule has 1 aromatic heterocycles. The Hall–Kier alpha value is -1.88. The summed E-state index contributed by atoms with van der Waals surface area (Å²) in [5.74, 6) is 0. The third kappa shape index (κ3) is 2.14. The maximum absolute atomic E-state index is 3.83. The van der Waals surface area contributed by atoms with Crippen LogP contribution in [-0.4, -0.2) is 40.9 Å². The highest BCUT2D eigenvalue weighted by Gasteiger charge is 2.10. The van der Waals surface area contributed by atoms with E-state index in [1.807, 2.05) is 4.57 Å². The van der Waals surface area contributed by atoms with E-state index in [-0.39, 0.29) is 0 Å². The van der Waals surface area contributed by atoms with Crippen LogP contribution in [0.1, 0.15) is 0 Å². The zero-order valence-corrected chi connectivity index (χ0v) is 9.58. The number of hydrogen-bond acceptors (Lipinski definition) is 4. The van der Waals surface area contributed by atoms with Gasteiger partial charge in [0.2, 0.25) is 0 Å². The van der Waals surface area contributed by atoms with Crippen molar-refractivity contribution in [2.45, 2.75) is 0 Å². The lowest BCUT2D eigenvalue weighted by Gasteiger charge is -2.29. The molecule has 3 rings (SSSR count). The molecule has 1 saturated heterocycles. The molecule has 1 aliphatic heterocycles. The van der Waals surface area contributed by atoms with Gasteiger partial charge in [0.05, 0.1) is 5.69 Å². The average molecular weight is 229 g/mol. The number of rotatable bonds is 2. The van der Waals surface area contributed by atoms with Crippen LogP contribution in [0, 0.1) is 0 Å². The number of aromatic nitrogens is 3. The Kier molecular flexibility index (Phi) is 2.75. The number of benzene rings is 1. The zero-order valence-electron chi connectivity index (χ0n) is 9.58. The standard InChI is InChI=1S/C12H15N5/c1-2-11(16-6-4-13-5-7-16)8-12(3-1)17-9-14-15-10-17/h1-3,8-10,13H,4-7H2. The van der Waals surface area contributed by atoms with Crippen molar-refractivity contribution in [2.24, 2.45) is 0 Å². The molecule has 0 bridgehead atoms. The Morgan fingerprint density at radius 3 is 2.47 bits per heavy atom. The van der Waals surface area contributed by atoms with E-state index < -0.39 is 0 Å². The molecular weight excluding hydrogens is 214 g/mol. The van der Waals surface area contributed by atoms with Crippen molar-refractivity contribution in [1.29, 1.82) is 0 Å². The first-order chi connectivity index (χ1) is 8.43. The molecule has 0 spiro atoms. The fourth-order valence-corrected chi connectivity index (χ4v) is 2.11.